The second-order valence-electron chi connectivity index (χ2n) is 4.54. The zero-order chi connectivity index (χ0) is 13.7. The molecule has 0 radical (unpaired) electrons. The Balaban J connectivity index is 1.93. The topological polar surface area (TPSA) is 21.3 Å². The molecule has 0 saturated heterocycles. The Bertz CT molecular complexity index is 526. The molecule has 1 unspecified atom stereocenters. The lowest BCUT2D eigenvalue weighted by Crippen LogP contribution is -2.17. The van der Waals surface area contributed by atoms with Crippen LogP contribution < -0.4 is 5.32 Å². The molecule has 1 heterocycles. The van der Waals surface area contributed by atoms with E-state index in [2.05, 4.69) is 41.9 Å². The van der Waals surface area contributed by atoms with Gasteiger partial charge in [0.05, 0.1) is 10.9 Å². The Morgan fingerprint density at radius 2 is 2.11 bits per heavy atom. The van der Waals surface area contributed by atoms with Gasteiger partial charge in [-0.2, -0.15) is 0 Å². The zero-order valence-electron chi connectivity index (χ0n) is 11.2. The van der Waals surface area contributed by atoms with Gasteiger partial charge in [-0.05, 0) is 35.1 Å². The van der Waals surface area contributed by atoms with E-state index in [-0.39, 0.29) is 0 Å². The normalized spacial score (nSPS) is 12.6. The third-order valence-corrected chi connectivity index (χ3v) is 4.11. The highest BCUT2D eigenvalue weighted by atomic mass is 35.5. The smallest absolute Gasteiger partial charge is 0.0931 e. The molecule has 0 fully saturated rings. The van der Waals surface area contributed by atoms with Crippen LogP contribution in [0.2, 0.25) is 4.34 Å². The van der Waals surface area contributed by atoms with Gasteiger partial charge in [-0.3, -0.25) is 0 Å². The van der Waals surface area contributed by atoms with Crippen molar-refractivity contribution in [2.45, 2.75) is 26.1 Å². The highest BCUT2D eigenvalue weighted by Gasteiger charge is 2.07. The largest absolute Gasteiger partial charge is 0.380 e. The van der Waals surface area contributed by atoms with Crippen molar-refractivity contribution in [3.8, 4) is 0 Å². The lowest BCUT2D eigenvalue weighted by molar-refractivity contribution is 0.185. The molecule has 0 spiro atoms. The lowest BCUT2D eigenvalue weighted by Gasteiger charge is -2.13. The number of rotatable bonds is 6. The molecule has 0 saturated carbocycles. The molecule has 0 aliphatic carbocycles. The fraction of sp³-hybridized carbons (Fsp3) is 0.333. The number of nitrogens with one attached hydrogen (secondary N) is 1. The first-order valence-corrected chi connectivity index (χ1v) is 7.49. The quantitative estimate of drug-likeness (QED) is 0.853. The third-order valence-electron chi connectivity index (χ3n) is 3.00. The molecule has 0 aliphatic heterocycles. The van der Waals surface area contributed by atoms with E-state index >= 15 is 0 Å². The molecule has 4 heteroatoms. The first kappa shape index (κ1) is 14.5. The maximum atomic E-state index is 5.95. The van der Waals surface area contributed by atoms with Crippen molar-refractivity contribution in [2.75, 3.05) is 7.11 Å². The van der Waals surface area contributed by atoms with Crippen LogP contribution in [0.4, 0.5) is 0 Å². The Hall–Kier alpha value is -0.870. The van der Waals surface area contributed by atoms with Crippen molar-refractivity contribution in [1.82, 2.24) is 5.32 Å². The molecule has 0 amide bonds. The highest BCUT2D eigenvalue weighted by molar-refractivity contribution is 7.14. The number of thiophene rings is 1. The van der Waals surface area contributed by atoms with E-state index in [9.17, 15) is 0 Å². The molecule has 102 valence electrons. The maximum Gasteiger partial charge on any atom is 0.0931 e. The van der Waals surface area contributed by atoms with Crippen LogP contribution >= 0.6 is 22.9 Å². The third kappa shape index (κ3) is 4.32. The van der Waals surface area contributed by atoms with Crippen molar-refractivity contribution in [3.05, 3.63) is 56.7 Å². The predicted molar refractivity (Wildman–Crippen MR) is 81.7 cm³/mol. The number of benzene rings is 1. The van der Waals surface area contributed by atoms with Crippen molar-refractivity contribution < 1.29 is 4.74 Å². The van der Waals surface area contributed by atoms with Gasteiger partial charge >= 0.3 is 0 Å². The van der Waals surface area contributed by atoms with Gasteiger partial charge < -0.3 is 10.1 Å². The zero-order valence-corrected chi connectivity index (χ0v) is 12.7. The Labute approximate surface area is 123 Å². The van der Waals surface area contributed by atoms with E-state index in [1.165, 1.54) is 16.7 Å². The fourth-order valence-corrected chi connectivity index (χ4v) is 2.92. The van der Waals surface area contributed by atoms with Gasteiger partial charge in [0.25, 0.3) is 0 Å². The van der Waals surface area contributed by atoms with E-state index < -0.39 is 0 Å². The predicted octanol–water partition coefficient (Wildman–Crippen LogP) is 4.40. The summed E-state index contributed by atoms with van der Waals surface area (Å²) in [5, 5.41) is 5.60. The van der Waals surface area contributed by atoms with Crippen LogP contribution in [-0.2, 0) is 17.9 Å². The second kappa shape index (κ2) is 7.06. The van der Waals surface area contributed by atoms with Crippen LogP contribution in [0.3, 0.4) is 0 Å². The van der Waals surface area contributed by atoms with Gasteiger partial charge in [0.15, 0.2) is 0 Å². The summed E-state index contributed by atoms with van der Waals surface area (Å²) in [6.07, 6.45) is 0. The first-order chi connectivity index (χ1) is 9.19. The molecule has 2 rings (SSSR count). The molecule has 0 aliphatic rings. The number of hydrogen-bond acceptors (Lipinski definition) is 3. The summed E-state index contributed by atoms with van der Waals surface area (Å²) < 4.78 is 5.99. The Kier molecular flexibility index (Phi) is 5.40. The molecule has 1 aromatic carbocycles. The summed E-state index contributed by atoms with van der Waals surface area (Å²) >= 11 is 7.53. The number of hydrogen-bond donors (Lipinski definition) is 1. The summed E-state index contributed by atoms with van der Waals surface area (Å²) in [4.78, 5) is 0. The monoisotopic (exact) mass is 295 g/mol. The van der Waals surface area contributed by atoms with E-state index in [1.807, 2.05) is 6.07 Å². The van der Waals surface area contributed by atoms with Crippen LogP contribution in [0.25, 0.3) is 0 Å². The average molecular weight is 296 g/mol. The summed E-state index contributed by atoms with van der Waals surface area (Å²) in [5.41, 5.74) is 3.71. The molecule has 2 nitrogen and oxygen atoms in total. The van der Waals surface area contributed by atoms with E-state index in [1.54, 1.807) is 18.4 Å². The number of methoxy groups -OCH3 is 1. The minimum atomic E-state index is 0.301. The molecule has 19 heavy (non-hydrogen) atoms. The number of halogens is 1. The minimum Gasteiger partial charge on any atom is -0.380 e. The maximum absolute atomic E-state index is 5.95. The van der Waals surface area contributed by atoms with E-state index in [4.69, 9.17) is 16.3 Å². The van der Waals surface area contributed by atoms with Crippen LogP contribution in [0, 0.1) is 0 Å². The highest BCUT2D eigenvalue weighted by Crippen LogP contribution is 2.24. The van der Waals surface area contributed by atoms with Crippen LogP contribution in [0.15, 0.2) is 35.7 Å². The van der Waals surface area contributed by atoms with Crippen molar-refractivity contribution in [2.24, 2.45) is 0 Å². The van der Waals surface area contributed by atoms with Crippen molar-refractivity contribution >= 4 is 22.9 Å². The molecule has 2 aromatic rings. The Morgan fingerprint density at radius 3 is 2.79 bits per heavy atom. The summed E-state index contributed by atoms with van der Waals surface area (Å²) in [7, 11) is 1.72. The van der Waals surface area contributed by atoms with Crippen LogP contribution in [-0.4, -0.2) is 7.11 Å². The van der Waals surface area contributed by atoms with Crippen LogP contribution in [0.5, 0.6) is 0 Å². The van der Waals surface area contributed by atoms with Crippen molar-refractivity contribution in [3.63, 3.8) is 0 Å². The average Bonchev–Trinajstić information content (AvgIpc) is 2.84. The van der Waals surface area contributed by atoms with Gasteiger partial charge in [0.2, 0.25) is 0 Å². The minimum absolute atomic E-state index is 0.301. The van der Waals surface area contributed by atoms with Gasteiger partial charge in [-0.25, -0.2) is 0 Å². The standard InChI is InChI=1S/C15H18ClNOS/c1-11(14-7-15(16)19-10-14)17-8-12-4-3-5-13(6-12)9-18-2/h3-7,10-11,17H,8-9H2,1-2H3. The fourth-order valence-electron chi connectivity index (χ4n) is 1.94. The first-order valence-electron chi connectivity index (χ1n) is 6.23. The molecule has 0 bridgehead atoms. The van der Waals surface area contributed by atoms with Gasteiger partial charge in [0, 0.05) is 19.7 Å². The molecular formula is C15H18ClNOS. The molecule has 1 N–H and O–H groups in total. The lowest BCUT2D eigenvalue weighted by atomic mass is 10.1. The molecule has 1 atom stereocenters. The van der Waals surface area contributed by atoms with Crippen molar-refractivity contribution in [1.29, 1.82) is 0 Å². The summed E-state index contributed by atoms with van der Waals surface area (Å²) in [6.45, 7) is 3.65. The van der Waals surface area contributed by atoms with E-state index in [0.717, 1.165) is 10.9 Å². The second-order valence-corrected chi connectivity index (χ2v) is 6.08. The summed E-state index contributed by atoms with van der Waals surface area (Å²) in [6, 6.07) is 10.8. The van der Waals surface area contributed by atoms with Crippen LogP contribution in [0.1, 0.15) is 29.7 Å². The van der Waals surface area contributed by atoms with E-state index in [0.29, 0.717) is 12.6 Å². The van der Waals surface area contributed by atoms with Gasteiger partial charge in [-0.15, -0.1) is 11.3 Å². The Morgan fingerprint density at radius 1 is 1.32 bits per heavy atom. The number of ether oxygens (including phenoxy) is 1. The SMILES string of the molecule is COCc1cccc(CNC(C)c2csc(Cl)c2)c1. The molecular weight excluding hydrogens is 278 g/mol. The summed E-state index contributed by atoms with van der Waals surface area (Å²) in [5.74, 6) is 0. The van der Waals surface area contributed by atoms with Gasteiger partial charge in [0.1, 0.15) is 0 Å². The molecule has 1 aromatic heterocycles. The van der Waals surface area contributed by atoms with Gasteiger partial charge in [-0.1, -0.05) is 35.9 Å².